The summed E-state index contributed by atoms with van der Waals surface area (Å²) >= 11 is 0. The van der Waals surface area contributed by atoms with Gasteiger partial charge < -0.3 is 0 Å². The van der Waals surface area contributed by atoms with E-state index in [9.17, 15) is 4.39 Å². The van der Waals surface area contributed by atoms with Gasteiger partial charge in [-0.05, 0) is 31.9 Å². The maximum atomic E-state index is 12.8. The molecule has 0 aromatic rings. The third-order valence-corrected chi connectivity index (χ3v) is 1.62. The van der Waals surface area contributed by atoms with Crippen molar-refractivity contribution in [2.75, 3.05) is 0 Å². The number of hydrogen-bond donors (Lipinski definition) is 0. The highest BCUT2D eigenvalue weighted by Crippen LogP contribution is 2.17. The van der Waals surface area contributed by atoms with Crippen molar-refractivity contribution in [2.24, 2.45) is 0 Å². The molecule has 0 amide bonds. The average Bonchev–Trinajstić information content (AvgIpc) is 2.04. The summed E-state index contributed by atoms with van der Waals surface area (Å²) in [6.07, 6.45) is 6.12. The lowest BCUT2D eigenvalue weighted by molar-refractivity contribution is 0.651. The second-order valence-corrected chi connectivity index (χ2v) is 2.62. The van der Waals surface area contributed by atoms with Crippen LogP contribution in [0.2, 0.25) is 0 Å². The van der Waals surface area contributed by atoms with Gasteiger partial charge in [0, 0.05) is 0 Å². The third-order valence-electron chi connectivity index (χ3n) is 1.62. The highest BCUT2D eigenvalue weighted by atomic mass is 19.1. The minimum Gasteiger partial charge on any atom is -0.207 e. The second kappa shape index (κ2) is 2.82. The Bertz CT molecular complexity index is 219. The first kappa shape index (κ1) is 7.26. The summed E-state index contributed by atoms with van der Waals surface area (Å²) in [5.41, 5.74) is 1.94. The zero-order valence-corrected chi connectivity index (χ0v) is 6.32. The largest absolute Gasteiger partial charge is 0.207 e. The first-order valence-electron chi connectivity index (χ1n) is 3.40. The minimum absolute atomic E-state index is 0.114. The molecule has 1 heteroatoms. The van der Waals surface area contributed by atoms with Crippen molar-refractivity contribution in [3.63, 3.8) is 0 Å². The van der Waals surface area contributed by atoms with E-state index >= 15 is 0 Å². The van der Waals surface area contributed by atoms with Crippen molar-refractivity contribution < 1.29 is 4.39 Å². The summed E-state index contributed by atoms with van der Waals surface area (Å²) in [6, 6.07) is 0. The Labute approximate surface area is 60.7 Å². The zero-order valence-electron chi connectivity index (χ0n) is 6.32. The van der Waals surface area contributed by atoms with Gasteiger partial charge in [-0.15, -0.1) is 0 Å². The van der Waals surface area contributed by atoms with Gasteiger partial charge in [0.2, 0.25) is 0 Å². The van der Waals surface area contributed by atoms with E-state index in [4.69, 9.17) is 0 Å². The molecule has 0 nitrogen and oxygen atoms in total. The van der Waals surface area contributed by atoms with Gasteiger partial charge >= 0.3 is 0 Å². The molecule has 0 saturated heterocycles. The van der Waals surface area contributed by atoms with Gasteiger partial charge in [-0.1, -0.05) is 17.7 Å². The predicted molar refractivity (Wildman–Crippen MR) is 41.3 cm³/mol. The predicted octanol–water partition coefficient (Wildman–Crippen LogP) is 3.14. The highest BCUT2D eigenvalue weighted by molar-refractivity contribution is 5.32. The fourth-order valence-electron chi connectivity index (χ4n) is 0.826. The van der Waals surface area contributed by atoms with Crippen molar-refractivity contribution in [3.05, 3.63) is 35.2 Å². The molecule has 1 rings (SSSR count). The van der Waals surface area contributed by atoms with E-state index in [2.05, 4.69) is 0 Å². The Morgan fingerprint density at radius 3 is 2.70 bits per heavy atom. The van der Waals surface area contributed by atoms with Gasteiger partial charge in [-0.2, -0.15) is 0 Å². The normalized spacial score (nSPS) is 18.9. The van der Waals surface area contributed by atoms with Crippen molar-refractivity contribution in [2.45, 2.75) is 20.3 Å². The van der Waals surface area contributed by atoms with Crippen LogP contribution in [0.3, 0.4) is 0 Å². The minimum atomic E-state index is -0.114. The van der Waals surface area contributed by atoms with Crippen LogP contribution in [0.1, 0.15) is 20.3 Å². The molecule has 0 aromatic heterocycles. The van der Waals surface area contributed by atoms with E-state index in [0.29, 0.717) is 0 Å². The SMILES string of the molecule is CC1=CC=C(F)C(C)=CC1. The number of rotatable bonds is 0. The quantitative estimate of drug-likeness (QED) is 0.482. The van der Waals surface area contributed by atoms with Crippen molar-refractivity contribution >= 4 is 0 Å². The topological polar surface area (TPSA) is 0 Å². The Hall–Kier alpha value is -0.850. The van der Waals surface area contributed by atoms with E-state index in [1.165, 1.54) is 11.6 Å². The van der Waals surface area contributed by atoms with E-state index < -0.39 is 0 Å². The van der Waals surface area contributed by atoms with Crippen molar-refractivity contribution in [1.82, 2.24) is 0 Å². The number of allylic oxidation sites excluding steroid dienone is 6. The van der Waals surface area contributed by atoms with E-state index in [-0.39, 0.29) is 5.83 Å². The molecule has 0 aliphatic heterocycles. The van der Waals surface area contributed by atoms with Gasteiger partial charge in [-0.25, -0.2) is 4.39 Å². The summed E-state index contributed by atoms with van der Waals surface area (Å²) in [7, 11) is 0. The molecule has 0 radical (unpaired) electrons. The molecule has 1 aliphatic carbocycles. The maximum absolute atomic E-state index is 12.8. The second-order valence-electron chi connectivity index (χ2n) is 2.62. The molecular formula is C9H11F. The molecule has 0 atom stereocenters. The molecule has 0 bridgehead atoms. The van der Waals surface area contributed by atoms with E-state index in [0.717, 1.165) is 12.0 Å². The van der Waals surface area contributed by atoms with Gasteiger partial charge in [0.15, 0.2) is 0 Å². The number of halogens is 1. The summed E-state index contributed by atoms with van der Waals surface area (Å²) in [6.45, 7) is 3.79. The smallest absolute Gasteiger partial charge is 0.125 e. The Balaban J connectivity index is 2.90. The van der Waals surface area contributed by atoms with Crippen molar-refractivity contribution in [1.29, 1.82) is 0 Å². The standard InChI is InChI=1S/C9H11F/c1-7-3-5-8(2)9(10)6-4-7/h4-6H,3H2,1-2H3. The van der Waals surface area contributed by atoms with Crippen LogP contribution in [-0.2, 0) is 0 Å². The maximum Gasteiger partial charge on any atom is 0.125 e. The Morgan fingerprint density at radius 1 is 1.30 bits per heavy atom. The van der Waals surface area contributed by atoms with Crippen LogP contribution in [0.25, 0.3) is 0 Å². The summed E-state index contributed by atoms with van der Waals surface area (Å²) in [5.74, 6) is -0.114. The summed E-state index contributed by atoms with van der Waals surface area (Å²) in [5, 5.41) is 0. The van der Waals surface area contributed by atoms with E-state index in [1.807, 2.05) is 19.1 Å². The first-order chi connectivity index (χ1) is 4.70. The van der Waals surface area contributed by atoms with Gasteiger partial charge in [-0.3, -0.25) is 0 Å². The lowest BCUT2D eigenvalue weighted by Gasteiger charge is -1.91. The molecule has 0 saturated carbocycles. The van der Waals surface area contributed by atoms with Gasteiger partial charge in [0.1, 0.15) is 5.83 Å². The van der Waals surface area contributed by atoms with Gasteiger partial charge in [0.05, 0.1) is 0 Å². The molecule has 0 unspecified atom stereocenters. The lowest BCUT2D eigenvalue weighted by atomic mass is 10.2. The molecule has 0 aromatic carbocycles. The Morgan fingerprint density at radius 2 is 2.00 bits per heavy atom. The summed E-state index contributed by atoms with van der Waals surface area (Å²) in [4.78, 5) is 0. The molecule has 0 heterocycles. The monoisotopic (exact) mass is 138 g/mol. The zero-order chi connectivity index (χ0) is 7.56. The van der Waals surface area contributed by atoms with Crippen LogP contribution >= 0.6 is 0 Å². The number of hydrogen-bond acceptors (Lipinski definition) is 0. The van der Waals surface area contributed by atoms with Crippen molar-refractivity contribution in [3.8, 4) is 0 Å². The molecule has 10 heavy (non-hydrogen) atoms. The van der Waals surface area contributed by atoms with Crippen LogP contribution in [-0.4, -0.2) is 0 Å². The fraction of sp³-hybridized carbons (Fsp3) is 0.333. The molecule has 54 valence electrons. The molecular weight excluding hydrogens is 127 g/mol. The van der Waals surface area contributed by atoms with Crippen LogP contribution < -0.4 is 0 Å². The third kappa shape index (κ3) is 1.56. The highest BCUT2D eigenvalue weighted by Gasteiger charge is 1.99. The lowest BCUT2D eigenvalue weighted by Crippen LogP contribution is -1.73. The summed E-state index contributed by atoms with van der Waals surface area (Å²) < 4.78 is 12.8. The molecule has 0 fully saturated rings. The van der Waals surface area contributed by atoms with Crippen LogP contribution in [0, 0.1) is 0 Å². The van der Waals surface area contributed by atoms with E-state index in [1.54, 1.807) is 6.92 Å². The average molecular weight is 138 g/mol. The molecule has 0 N–H and O–H groups in total. The van der Waals surface area contributed by atoms with Crippen LogP contribution in [0.4, 0.5) is 4.39 Å². The van der Waals surface area contributed by atoms with Crippen LogP contribution in [0.5, 0.6) is 0 Å². The first-order valence-corrected chi connectivity index (χ1v) is 3.40. The fourth-order valence-corrected chi connectivity index (χ4v) is 0.826. The van der Waals surface area contributed by atoms with Crippen LogP contribution in [0.15, 0.2) is 35.2 Å². The molecule has 0 spiro atoms. The Kier molecular flexibility index (Phi) is 2.05. The van der Waals surface area contributed by atoms with Gasteiger partial charge in [0.25, 0.3) is 0 Å². The molecule has 1 aliphatic rings.